The summed E-state index contributed by atoms with van der Waals surface area (Å²) >= 11 is 0. The Labute approximate surface area is 142 Å². The molecule has 1 aliphatic heterocycles. The summed E-state index contributed by atoms with van der Waals surface area (Å²) in [5.41, 5.74) is 0.964. The Balaban J connectivity index is 2.13. The van der Waals surface area contributed by atoms with Gasteiger partial charge in [-0.3, -0.25) is 14.2 Å². The van der Waals surface area contributed by atoms with E-state index in [0.29, 0.717) is 24.7 Å². The molecule has 1 fully saturated rings. The minimum Gasteiger partial charge on any atom is -0.351 e. The summed E-state index contributed by atoms with van der Waals surface area (Å²) in [7, 11) is 0. The maximum Gasteiger partial charge on any atom is 0.348 e. The van der Waals surface area contributed by atoms with E-state index in [1.54, 1.807) is 24.8 Å². The highest BCUT2D eigenvalue weighted by molar-refractivity contribution is 5.77. The molecule has 2 heterocycles. The molecule has 1 aromatic heterocycles. The zero-order chi connectivity index (χ0) is 18.0. The summed E-state index contributed by atoms with van der Waals surface area (Å²) in [6, 6.07) is 1.75. The van der Waals surface area contributed by atoms with Crippen LogP contribution in [0.4, 0.5) is 0 Å². The molecular weight excluding hydrogens is 308 g/mol. The Morgan fingerprint density at radius 3 is 2.54 bits per heavy atom. The van der Waals surface area contributed by atoms with Crippen LogP contribution in [0.25, 0.3) is 0 Å². The van der Waals surface area contributed by atoms with E-state index in [0.717, 1.165) is 5.69 Å². The molecule has 1 N–H and O–H groups in total. The molecule has 7 nitrogen and oxygen atoms in total. The van der Waals surface area contributed by atoms with Gasteiger partial charge in [-0.05, 0) is 25.8 Å². The number of nitrogens with one attached hydrogen (secondary N) is 1. The lowest BCUT2D eigenvalue weighted by atomic mass is 9.91. The van der Waals surface area contributed by atoms with Crippen molar-refractivity contribution in [2.75, 3.05) is 13.1 Å². The van der Waals surface area contributed by atoms with E-state index < -0.39 is 5.69 Å². The van der Waals surface area contributed by atoms with Gasteiger partial charge in [0.15, 0.2) is 0 Å². The standard InChI is InChI=1S/C17H26N4O3/c1-10(2)14-7-20(8-15(14)19-13(5)22)16(23)9-21-12(4)6-11(3)18-17(21)24/h6,10,14-15H,7-9H2,1-5H3,(H,19,22). The summed E-state index contributed by atoms with van der Waals surface area (Å²) < 4.78 is 1.39. The Bertz CT molecular complexity index is 696. The van der Waals surface area contributed by atoms with Gasteiger partial charge in [0.1, 0.15) is 6.54 Å². The van der Waals surface area contributed by atoms with Gasteiger partial charge in [-0.1, -0.05) is 13.8 Å². The topological polar surface area (TPSA) is 84.3 Å². The number of hydrogen-bond acceptors (Lipinski definition) is 4. The van der Waals surface area contributed by atoms with Gasteiger partial charge in [-0.2, -0.15) is 4.98 Å². The average Bonchev–Trinajstić information content (AvgIpc) is 2.85. The van der Waals surface area contributed by atoms with Gasteiger partial charge in [0.25, 0.3) is 0 Å². The first-order valence-electron chi connectivity index (χ1n) is 8.29. The van der Waals surface area contributed by atoms with Crippen LogP contribution in [0.3, 0.4) is 0 Å². The zero-order valence-electron chi connectivity index (χ0n) is 15.0. The van der Waals surface area contributed by atoms with Gasteiger partial charge in [0, 0.05) is 37.3 Å². The largest absolute Gasteiger partial charge is 0.351 e. The van der Waals surface area contributed by atoms with Crippen LogP contribution in [0.1, 0.15) is 32.2 Å². The third-order valence-electron chi connectivity index (χ3n) is 4.60. The van der Waals surface area contributed by atoms with Crippen molar-refractivity contribution < 1.29 is 9.59 Å². The molecule has 24 heavy (non-hydrogen) atoms. The third-order valence-corrected chi connectivity index (χ3v) is 4.60. The molecule has 0 aliphatic carbocycles. The van der Waals surface area contributed by atoms with Gasteiger partial charge >= 0.3 is 5.69 Å². The first-order valence-corrected chi connectivity index (χ1v) is 8.29. The smallest absolute Gasteiger partial charge is 0.348 e. The number of aryl methyl sites for hydroxylation is 2. The number of carbonyl (C=O) groups excluding carboxylic acids is 2. The minimum absolute atomic E-state index is 0.0183. The van der Waals surface area contributed by atoms with E-state index in [9.17, 15) is 14.4 Å². The van der Waals surface area contributed by atoms with Crippen LogP contribution in [-0.2, 0) is 16.1 Å². The van der Waals surface area contributed by atoms with E-state index >= 15 is 0 Å². The Morgan fingerprint density at radius 2 is 2.00 bits per heavy atom. The van der Waals surface area contributed by atoms with E-state index in [2.05, 4.69) is 24.1 Å². The normalized spacial score (nSPS) is 20.5. The molecular formula is C17H26N4O3. The highest BCUT2D eigenvalue weighted by Crippen LogP contribution is 2.24. The fourth-order valence-corrected chi connectivity index (χ4v) is 3.32. The van der Waals surface area contributed by atoms with Gasteiger partial charge in [-0.15, -0.1) is 0 Å². The molecule has 2 atom stereocenters. The lowest BCUT2D eigenvalue weighted by Gasteiger charge is -2.21. The van der Waals surface area contributed by atoms with Crippen LogP contribution >= 0.6 is 0 Å². The highest BCUT2D eigenvalue weighted by Gasteiger charge is 2.37. The van der Waals surface area contributed by atoms with Crippen LogP contribution in [0, 0.1) is 25.7 Å². The van der Waals surface area contributed by atoms with Crippen molar-refractivity contribution in [1.82, 2.24) is 19.8 Å². The SMILES string of the molecule is CC(=O)NC1CN(C(=O)Cn2c(C)cc(C)nc2=O)CC1C(C)C. The molecule has 0 radical (unpaired) electrons. The van der Waals surface area contributed by atoms with Crippen molar-refractivity contribution in [3.8, 4) is 0 Å². The molecule has 0 aromatic carbocycles. The minimum atomic E-state index is -0.404. The number of nitrogens with zero attached hydrogens (tertiary/aromatic N) is 3. The number of amides is 2. The maximum atomic E-state index is 12.6. The van der Waals surface area contributed by atoms with Crippen molar-refractivity contribution in [1.29, 1.82) is 0 Å². The second kappa shape index (κ2) is 7.15. The highest BCUT2D eigenvalue weighted by atomic mass is 16.2. The number of carbonyl (C=O) groups is 2. The molecule has 1 aliphatic rings. The molecule has 1 saturated heterocycles. The lowest BCUT2D eigenvalue weighted by molar-refractivity contribution is -0.131. The summed E-state index contributed by atoms with van der Waals surface area (Å²) in [6.07, 6.45) is 0. The van der Waals surface area contributed by atoms with Gasteiger partial charge in [0.05, 0.1) is 6.04 Å². The predicted molar refractivity (Wildman–Crippen MR) is 90.5 cm³/mol. The fraction of sp³-hybridized carbons (Fsp3) is 0.647. The Morgan fingerprint density at radius 1 is 1.33 bits per heavy atom. The van der Waals surface area contributed by atoms with Gasteiger partial charge in [-0.25, -0.2) is 4.79 Å². The first-order chi connectivity index (χ1) is 11.2. The van der Waals surface area contributed by atoms with E-state index in [-0.39, 0.29) is 30.3 Å². The summed E-state index contributed by atoms with van der Waals surface area (Å²) in [6.45, 7) is 10.3. The molecule has 7 heteroatoms. The Kier molecular flexibility index (Phi) is 5.41. The molecule has 0 spiro atoms. The van der Waals surface area contributed by atoms with Gasteiger partial charge in [0.2, 0.25) is 11.8 Å². The monoisotopic (exact) mass is 334 g/mol. The molecule has 2 rings (SSSR count). The molecule has 0 bridgehead atoms. The van der Waals surface area contributed by atoms with Crippen LogP contribution in [0.15, 0.2) is 10.9 Å². The maximum absolute atomic E-state index is 12.6. The van der Waals surface area contributed by atoms with Crippen molar-refractivity contribution in [3.05, 3.63) is 27.9 Å². The first kappa shape index (κ1) is 18.2. The van der Waals surface area contributed by atoms with E-state index in [4.69, 9.17) is 0 Å². The molecule has 132 valence electrons. The number of likely N-dealkylation sites (tertiary alicyclic amines) is 1. The summed E-state index contributed by atoms with van der Waals surface area (Å²) in [5.74, 6) is 0.357. The number of rotatable bonds is 4. The van der Waals surface area contributed by atoms with Crippen LogP contribution in [0.5, 0.6) is 0 Å². The van der Waals surface area contributed by atoms with E-state index in [1.165, 1.54) is 11.5 Å². The average molecular weight is 334 g/mol. The van der Waals surface area contributed by atoms with Crippen LogP contribution in [0.2, 0.25) is 0 Å². The van der Waals surface area contributed by atoms with Crippen molar-refractivity contribution >= 4 is 11.8 Å². The fourth-order valence-electron chi connectivity index (χ4n) is 3.32. The molecule has 0 saturated carbocycles. The lowest BCUT2D eigenvalue weighted by Crippen LogP contribution is -2.41. The van der Waals surface area contributed by atoms with Crippen molar-refractivity contribution in [2.45, 2.75) is 47.2 Å². The summed E-state index contributed by atoms with van der Waals surface area (Å²) in [4.78, 5) is 41.7. The number of aromatic nitrogens is 2. The van der Waals surface area contributed by atoms with Crippen LogP contribution in [-0.4, -0.2) is 45.4 Å². The molecule has 1 aromatic rings. The Hall–Kier alpha value is -2.18. The number of hydrogen-bond donors (Lipinski definition) is 1. The van der Waals surface area contributed by atoms with Crippen molar-refractivity contribution in [3.63, 3.8) is 0 Å². The van der Waals surface area contributed by atoms with E-state index in [1.807, 2.05) is 0 Å². The van der Waals surface area contributed by atoms with Gasteiger partial charge < -0.3 is 10.2 Å². The summed E-state index contributed by atoms with van der Waals surface area (Å²) in [5, 5.41) is 2.94. The second-order valence-electron chi connectivity index (χ2n) is 6.92. The molecule has 2 unspecified atom stereocenters. The third kappa shape index (κ3) is 4.01. The zero-order valence-corrected chi connectivity index (χ0v) is 15.0. The molecule has 2 amide bonds. The predicted octanol–water partition coefficient (Wildman–Crippen LogP) is 0.479. The second-order valence-corrected chi connectivity index (χ2v) is 6.92. The quantitative estimate of drug-likeness (QED) is 0.868. The van der Waals surface area contributed by atoms with Crippen molar-refractivity contribution in [2.24, 2.45) is 11.8 Å². The van der Waals surface area contributed by atoms with Crippen LogP contribution < -0.4 is 11.0 Å².